The Labute approximate surface area is 123 Å². The number of benzene rings is 2. The summed E-state index contributed by atoms with van der Waals surface area (Å²) >= 11 is 4.71. The normalized spacial score (nSPS) is 10.0. The number of hydrogen-bond acceptors (Lipinski definition) is 3. The van der Waals surface area contributed by atoms with Gasteiger partial charge < -0.3 is 4.74 Å². The maximum Gasteiger partial charge on any atom is 0.146 e. The first-order valence-electron chi connectivity index (χ1n) is 5.35. The van der Waals surface area contributed by atoms with Crippen LogP contribution >= 0.6 is 27.7 Å². The van der Waals surface area contributed by atoms with Crippen LogP contribution in [0.4, 0.5) is 4.39 Å². The van der Waals surface area contributed by atoms with E-state index in [4.69, 9.17) is 4.74 Å². The van der Waals surface area contributed by atoms with Gasteiger partial charge in [0.05, 0.1) is 4.47 Å². The van der Waals surface area contributed by atoms with E-state index in [0.29, 0.717) is 21.5 Å². The van der Waals surface area contributed by atoms with E-state index >= 15 is 0 Å². The predicted octanol–water partition coefficient (Wildman–Crippen LogP) is 4.97. The Morgan fingerprint density at radius 3 is 2.68 bits per heavy atom. The molecule has 19 heavy (non-hydrogen) atoms. The summed E-state index contributed by atoms with van der Waals surface area (Å²) in [6, 6.07) is 11.7. The van der Waals surface area contributed by atoms with E-state index in [1.807, 2.05) is 18.4 Å². The maximum absolute atomic E-state index is 13.0. The topological polar surface area (TPSA) is 33.0 Å². The molecular weight excluding hydrogens is 329 g/mol. The molecular formula is C14H9BrFNOS. The zero-order chi connectivity index (χ0) is 13.8. The van der Waals surface area contributed by atoms with Crippen molar-refractivity contribution in [1.29, 1.82) is 5.26 Å². The first-order valence-corrected chi connectivity index (χ1v) is 7.37. The van der Waals surface area contributed by atoms with Crippen molar-refractivity contribution >= 4 is 27.7 Å². The predicted molar refractivity (Wildman–Crippen MR) is 77.1 cm³/mol. The fraction of sp³-hybridized carbons (Fsp3) is 0.0714. The lowest BCUT2D eigenvalue weighted by Gasteiger charge is -2.11. The summed E-state index contributed by atoms with van der Waals surface area (Å²) in [4.78, 5) is 0.846. The summed E-state index contributed by atoms with van der Waals surface area (Å²) in [6.45, 7) is 0. The number of nitrogens with zero attached hydrogens (tertiary/aromatic N) is 1. The number of ether oxygens (including phenoxy) is 1. The van der Waals surface area contributed by atoms with Gasteiger partial charge in [-0.2, -0.15) is 5.26 Å². The molecule has 2 rings (SSSR count). The lowest BCUT2D eigenvalue weighted by molar-refractivity contribution is 0.474. The molecule has 2 nitrogen and oxygen atoms in total. The van der Waals surface area contributed by atoms with Crippen molar-refractivity contribution in [3.05, 3.63) is 52.3 Å². The molecule has 0 saturated heterocycles. The van der Waals surface area contributed by atoms with Crippen molar-refractivity contribution in [2.75, 3.05) is 6.26 Å². The van der Waals surface area contributed by atoms with Crippen LogP contribution in [0.3, 0.4) is 0 Å². The van der Waals surface area contributed by atoms with E-state index in [9.17, 15) is 9.65 Å². The van der Waals surface area contributed by atoms with Crippen molar-refractivity contribution in [1.82, 2.24) is 0 Å². The van der Waals surface area contributed by atoms with Gasteiger partial charge in [0.25, 0.3) is 0 Å². The summed E-state index contributed by atoms with van der Waals surface area (Å²) in [5.74, 6) is 0.579. The molecule has 0 aromatic heterocycles. The standard InChI is InChI=1S/C14H9BrFNOS/c1-19-14-4-2-3-12(10(14)8-17)18-13-6-5-9(16)7-11(13)15/h2-7H,1H3. The van der Waals surface area contributed by atoms with Crippen LogP contribution in [0.25, 0.3) is 0 Å². The van der Waals surface area contributed by atoms with E-state index in [1.54, 1.807) is 6.07 Å². The van der Waals surface area contributed by atoms with E-state index in [2.05, 4.69) is 22.0 Å². The van der Waals surface area contributed by atoms with Crippen LogP contribution in [0, 0.1) is 17.1 Å². The fourth-order valence-electron chi connectivity index (χ4n) is 1.55. The third kappa shape index (κ3) is 3.09. The van der Waals surface area contributed by atoms with Crippen LogP contribution in [0.2, 0.25) is 0 Å². The highest BCUT2D eigenvalue weighted by molar-refractivity contribution is 9.10. The number of nitriles is 1. The van der Waals surface area contributed by atoms with Crippen molar-refractivity contribution in [3.8, 4) is 17.6 Å². The SMILES string of the molecule is CSc1cccc(Oc2ccc(F)cc2Br)c1C#N. The van der Waals surface area contributed by atoms with Crippen LogP contribution < -0.4 is 4.74 Å². The third-order valence-corrected chi connectivity index (χ3v) is 3.83. The van der Waals surface area contributed by atoms with Gasteiger partial charge in [-0.05, 0) is 52.5 Å². The zero-order valence-electron chi connectivity index (χ0n) is 9.98. The fourth-order valence-corrected chi connectivity index (χ4v) is 2.55. The highest BCUT2D eigenvalue weighted by atomic mass is 79.9. The van der Waals surface area contributed by atoms with Gasteiger partial charge in [0.2, 0.25) is 0 Å². The quantitative estimate of drug-likeness (QED) is 0.741. The molecule has 0 saturated carbocycles. The number of hydrogen-bond donors (Lipinski definition) is 0. The summed E-state index contributed by atoms with van der Waals surface area (Å²) in [6.07, 6.45) is 1.90. The van der Waals surface area contributed by atoms with Crippen LogP contribution in [0.1, 0.15) is 5.56 Å². The molecule has 0 aliphatic rings. The molecule has 96 valence electrons. The van der Waals surface area contributed by atoms with Crippen LogP contribution in [-0.4, -0.2) is 6.26 Å². The van der Waals surface area contributed by atoms with Gasteiger partial charge in [-0.15, -0.1) is 11.8 Å². The van der Waals surface area contributed by atoms with Gasteiger partial charge in [-0.1, -0.05) is 6.07 Å². The summed E-state index contributed by atoms with van der Waals surface area (Å²) in [7, 11) is 0. The molecule has 0 atom stereocenters. The minimum absolute atomic E-state index is 0.349. The van der Waals surface area contributed by atoms with E-state index in [1.165, 1.54) is 30.0 Å². The monoisotopic (exact) mass is 337 g/mol. The van der Waals surface area contributed by atoms with Crippen molar-refractivity contribution in [3.63, 3.8) is 0 Å². The van der Waals surface area contributed by atoms with Gasteiger partial charge in [0.15, 0.2) is 0 Å². The second-order valence-corrected chi connectivity index (χ2v) is 5.32. The van der Waals surface area contributed by atoms with Gasteiger partial charge in [-0.3, -0.25) is 0 Å². The molecule has 0 amide bonds. The lowest BCUT2D eigenvalue weighted by Crippen LogP contribution is -1.91. The minimum atomic E-state index is -0.349. The summed E-state index contributed by atoms with van der Waals surface area (Å²) in [5, 5.41) is 9.21. The summed E-state index contributed by atoms with van der Waals surface area (Å²) < 4.78 is 19.2. The van der Waals surface area contributed by atoms with Crippen LogP contribution in [0.15, 0.2) is 45.8 Å². The smallest absolute Gasteiger partial charge is 0.146 e. The Kier molecular flexibility index (Phi) is 4.46. The van der Waals surface area contributed by atoms with Crippen molar-refractivity contribution in [2.24, 2.45) is 0 Å². The van der Waals surface area contributed by atoms with Gasteiger partial charge in [-0.25, -0.2) is 4.39 Å². The number of thioether (sulfide) groups is 1. The van der Waals surface area contributed by atoms with E-state index in [-0.39, 0.29) is 5.82 Å². The highest BCUT2D eigenvalue weighted by Crippen LogP contribution is 2.34. The molecule has 0 aliphatic heterocycles. The molecule has 0 spiro atoms. The third-order valence-electron chi connectivity index (χ3n) is 2.43. The molecule has 0 fully saturated rings. The van der Waals surface area contributed by atoms with Gasteiger partial charge in [0.1, 0.15) is 28.9 Å². The molecule has 0 aliphatic carbocycles. The Bertz CT molecular complexity index is 654. The second kappa shape index (κ2) is 6.09. The minimum Gasteiger partial charge on any atom is -0.455 e. The number of rotatable bonds is 3. The van der Waals surface area contributed by atoms with Crippen LogP contribution in [0.5, 0.6) is 11.5 Å². The molecule has 0 bridgehead atoms. The van der Waals surface area contributed by atoms with Gasteiger partial charge >= 0.3 is 0 Å². The van der Waals surface area contributed by atoms with E-state index in [0.717, 1.165) is 4.90 Å². The zero-order valence-corrected chi connectivity index (χ0v) is 12.4. The molecule has 0 N–H and O–H groups in total. The Morgan fingerprint density at radius 1 is 1.26 bits per heavy atom. The average Bonchev–Trinajstić information content (AvgIpc) is 2.41. The molecule has 0 radical (unpaired) electrons. The molecule has 2 aromatic carbocycles. The largest absolute Gasteiger partial charge is 0.455 e. The number of halogens is 2. The Hall–Kier alpha value is -1.51. The lowest BCUT2D eigenvalue weighted by atomic mass is 10.2. The molecule has 0 heterocycles. The highest BCUT2D eigenvalue weighted by Gasteiger charge is 2.11. The van der Waals surface area contributed by atoms with Crippen molar-refractivity contribution < 1.29 is 9.13 Å². The molecule has 2 aromatic rings. The molecule has 0 unspecified atom stereocenters. The van der Waals surface area contributed by atoms with E-state index < -0.39 is 0 Å². The summed E-state index contributed by atoms with van der Waals surface area (Å²) in [5.41, 5.74) is 0.478. The first-order chi connectivity index (χ1) is 9.15. The Morgan fingerprint density at radius 2 is 2.05 bits per heavy atom. The first kappa shape index (κ1) is 13.9. The van der Waals surface area contributed by atoms with Crippen LogP contribution in [-0.2, 0) is 0 Å². The van der Waals surface area contributed by atoms with Crippen molar-refractivity contribution in [2.45, 2.75) is 4.90 Å². The average molecular weight is 338 g/mol. The Balaban J connectivity index is 2.41. The maximum atomic E-state index is 13.0. The van der Waals surface area contributed by atoms with Gasteiger partial charge in [0, 0.05) is 4.90 Å². The molecule has 5 heteroatoms. The second-order valence-electron chi connectivity index (χ2n) is 3.62.